The van der Waals surface area contributed by atoms with Gasteiger partial charge in [0.15, 0.2) is 0 Å². The lowest BCUT2D eigenvalue weighted by atomic mass is 10.2. The lowest BCUT2D eigenvalue weighted by Gasteiger charge is -2.13. The van der Waals surface area contributed by atoms with Crippen LogP contribution in [0.3, 0.4) is 0 Å². The first-order valence-electron chi connectivity index (χ1n) is 6.78. The molecular weight excluding hydrogens is 414 g/mol. The quantitative estimate of drug-likeness (QED) is 0.397. The van der Waals surface area contributed by atoms with Gasteiger partial charge in [-0.3, -0.25) is 0 Å². The third kappa shape index (κ3) is 8.25. The van der Waals surface area contributed by atoms with Gasteiger partial charge >= 0.3 is 6.00 Å². The first-order valence-corrected chi connectivity index (χ1v) is 16.3. The van der Waals surface area contributed by atoms with Gasteiger partial charge in [-0.1, -0.05) is 67.6 Å². The Kier molecular flexibility index (Phi) is 8.87. The highest BCUT2D eigenvalue weighted by Crippen LogP contribution is 2.24. The molecule has 0 N–H and O–H groups in total. The summed E-state index contributed by atoms with van der Waals surface area (Å²) in [6.45, 7) is -0.0819. The molecule has 0 saturated heterocycles. The molecular formula is C15H17Cl5Si2. The average molecular weight is 431 g/mol. The standard InChI is InChI=1S/C8H10Cl2Si.C7H7Cl3Si/c1-2-11(9,10)8-6-4-3-5-7-8;8-11(9,10)6-7-4-2-1-3-5-7/h3-7H,2H2,1H3;1-5H,6H2. The predicted molar refractivity (Wildman–Crippen MR) is 107 cm³/mol. The summed E-state index contributed by atoms with van der Waals surface area (Å²) in [4.78, 5) is 0. The van der Waals surface area contributed by atoms with Crippen molar-refractivity contribution >= 4 is 73.3 Å². The molecule has 0 aliphatic rings. The van der Waals surface area contributed by atoms with E-state index in [2.05, 4.69) is 0 Å². The number of rotatable bonds is 4. The van der Waals surface area contributed by atoms with Crippen LogP contribution in [0.1, 0.15) is 12.5 Å². The van der Waals surface area contributed by atoms with Crippen molar-refractivity contribution in [2.75, 3.05) is 0 Å². The molecule has 0 aromatic heterocycles. The van der Waals surface area contributed by atoms with Gasteiger partial charge in [0.25, 0.3) is 6.69 Å². The summed E-state index contributed by atoms with van der Waals surface area (Å²) in [5.41, 5.74) is 1.10. The number of halogens is 5. The molecule has 0 atom stereocenters. The van der Waals surface area contributed by atoms with E-state index >= 15 is 0 Å². The third-order valence-corrected chi connectivity index (χ3v) is 9.88. The van der Waals surface area contributed by atoms with E-state index in [1.807, 2.05) is 67.6 Å². The lowest BCUT2D eigenvalue weighted by molar-refractivity contribution is 1.39. The summed E-state index contributed by atoms with van der Waals surface area (Å²) < 4.78 is 0. The van der Waals surface area contributed by atoms with E-state index in [-0.39, 0.29) is 0 Å². The molecule has 0 amide bonds. The number of benzene rings is 2. The molecule has 0 radical (unpaired) electrons. The van der Waals surface area contributed by atoms with Crippen molar-refractivity contribution in [1.82, 2.24) is 0 Å². The van der Waals surface area contributed by atoms with Gasteiger partial charge in [-0.15, -0.1) is 55.4 Å². The van der Waals surface area contributed by atoms with Gasteiger partial charge in [-0.25, -0.2) is 0 Å². The van der Waals surface area contributed by atoms with Crippen LogP contribution in [0.15, 0.2) is 60.7 Å². The molecule has 0 bridgehead atoms. The maximum atomic E-state index is 6.15. The third-order valence-electron chi connectivity index (χ3n) is 2.89. The fourth-order valence-electron chi connectivity index (χ4n) is 1.71. The Balaban J connectivity index is 0.000000220. The zero-order valence-electron chi connectivity index (χ0n) is 12.1. The second kappa shape index (κ2) is 9.58. The largest absolute Gasteiger partial charge is 0.345 e. The predicted octanol–water partition coefficient (Wildman–Crippen LogP) is 6.26. The number of hydrogen-bond donors (Lipinski definition) is 0. The Labute approximate surface area is 157 Å². The van der Waals surface area contributed by atoms with Crippen LogP contribution in [0.2, 0.25) is 6.04 Å². The average Bonchev–Trinajstić information content (AvgIpc) is 2.48. The Hall–Kier alpha value is 0.324. The van der Waals surface area contributed by atoms with Crippen LogP contribution in [-0.2, 0) is 6.04 Å². The van der Waals surface area contributed by atoms with Crippen LogP contribution in [0, 0.1) is 0 Å². The number of hydrogen-bond acceptors (Lipinski definition) is 0. The maximum Gasteiger partial charge on any atom is 0.345 e. The van der Waals surface area contributed by atoms with Gasteiger partial charge in [0.05, 0.1) is 0 Å². The van der Waals surface area contributed by atoms with Crippen molar-refractivity contribution in [2.45, 2.75) is 19.0 Å². The summed E-state index contributed by atoms with van der Waals surface area (Å²) >= 11 is 29.5. The first kappa shape index (κ1) is 20.4. The molecule has 0 heterocycles. The van der Waals surface area contributed by atoms with Crippen molar-refractivity contribution in [1.29, 1.82) is 0 Å². The van der Waals surface area contributed by atoms with Crippen molar-refractivity contribution in [2.24, 2.45) is 0 Å². The molecule has 0 aliphatic carbocycles. The van der Waals surface area contributed by atoms with Gasteiger partial charge in [0.2, 0.25) is 0 Å². The van der Waals surface area contributed by atoms with Gasteiger partial charge in [0.1, 0.15) is 0 Å². The van der Waals surface area contributed by atoms with E-state index in [1.54, 1.807) is 0 Å². The normalized spacial score (nSPS) is 11.5. The summed E-state index contributed by atoms with van der Waals surface area (Å²) in [5.74, 6) is 0. The molecule has 2 aromatic carbocycles. The van der Waals surface area contributed by atoms with Crippen molar-refractivity contribution in [3.8, 4) is 0 Å². The first-order chi connectivity index (χ1) is 10.2. The second-order valence-electron chi connectivity index (χ2n) is 4.70. The fraction of sp³-hybridized carbons (Fsp3) is 0.200. The summed E-state index contributed by atoms with van der Waals surface area (Å²) in [6.07, 6.45) is 0. The van der Waals surface area contributed by atoms with Crippen LogP contribution in [-0.4, -0.2) is 12.7 Å². The van der Waals surface area contributed by atoms with E-state index < -0.39 is 12.7 Å². The minimum absolute atomic E-state index is 0.596. The van der Waals surface area contributed by atoms with Gasteiger partial charge < -0.3 is 0 Å². The molecule has 7 heteroatoms. The van der Waals surface area contributed by atoms with Gasteiger partial charge in [0, 0.05) is 6.04 Å². The highest BCUT2D eigenvalue weighted by atomic mass is 35.8. The topological polar surface area (TPSA) is 0 Å². The minimum atomic E-state index is -2.48. The van der Waals surface area contributed by atoms with E-state index in [0.29, 0.717) is 6.04 Å². The Morgan fingerprint density at radius 1 is 0.727 bits per heavy atom. The minimum Gasteiger partial charge on any atom is -0.140 e. The molecule has 0 saturated carbocycles. The zero-order chi connectivity index (χ0) is 16.6. The van der Waals surface area contributed by atoms with Crippen LogP contribution in [0.5, 0.6) is 0 Å². The Bertz CT molecular complexity index is 541. The van der Waals surface area contributed by atoms with Gasteiger partial charge in [-0.05, 0) is 16.8 Å². The van der Waals surface area contributed by atoms with E-state index in [4.69, 9.17) is 55.4 Å². The Morgan fingerprint density at radius 2 is 1.18 bits per heavy atom. The van der Waals surface area contributed by atoms with Crippen LogP contribution < -0.4 is 5.19 Å². The van der Waals surface area contributed by atoms with Crippen molar-refractivity contribution < 1.29 is 0 Å². The lowest BCUT2D eigenvalue weighted by Crippen LogP contribution is -2.34. The molecule has 2 aromatic rings. The molecule has 0 nitrogen and oxygen atoms in total. The van der Waals surface area contributed by atoms with Crippen molar-refractivity contribution in [3.05, 3.63) is 66.2 Å². The summed E-state index contributed by atoms with van der Waals surface area (Å²) in [7, 11) is 0. The monoisotopic (exact) mass is 428 g/mol. The van der Waals surface area contributed by atoms with Crippen molar-refractivity contribution in [3.63, 3.8) is 0 Å². The van der Waals surface area contributed by atoms with Crippen LogP contribution in [0.4, 0.5) is 0 Å². The van der Waals surface area contributed by atoms with Gasteiger partial charge in [-0.2, -0.15) is 0 Å². The smallest absolute Gasteiger partial charge is 0.140 e. The molecule has 2 rings (SSSR count). The second-order valence-corrected chi connectivity index (χ2v) is 21.0. The highest BCUT2D eigenvalue weighted by molar-refractivity contribution is 7.64. The zero-order valence-corrected chi connectivity index (χ0v) is 17.9. The van der Waals surface area contributed by atoms with E-state index in [1.165, 1.54) is 0 Å². The maximum absolute atomic E-state index is 6.15. The molecule has 0 unspecified atom stereocenters. The summed E-state index contributed by atoms with van der Waals surface area (Å²) in [5, 5.41) is 1.10. The Morgan fingerprint density at radius 3 is 1.59 bits per heavy atom. The van der Waals surface area contributed by atoms with E-state index in [9.17, 15) is 0 Å². The molecule has 0 aliphatic heterocycles. The SMILES string of the molecule is CC[Si](Cl)(Cl)c1ccccc1.Cl[Si](Cl)(Cl)Cc1ccccc1. The molecule has 0 fully saturated rings. The summed E-state index contributed by atoms with van der Waals surface area (Å²) in [6, 6.07) is 18.6. The highest BCUT2D eigenvalue weighted by Gasteiger charge is 2.27. The molecule has 22 heavy (non-hydrogen) atoms. The van der Waals surface area contributed by atoms with E-state index in [0.717, 1.165) is 16.8 Å². The fourth-order valence-corrected chi connectivity index (χ4v) is 5.65. The van der Waals surface area contributed by atoms with Crippen LogP contribution in [0.25, 0.3) is 0 Å². The van der Waals surface area contributed by atoms with Crippen LogP contribution >= 0.6 is 55.4 Å². The molecule has 0 spiro atoms. The molecule has 120 valence electrons.